The minimum atomic E-state index is -0.405. The minimum Gasteiger partial charge on any atom is -0.342 e. The molecule has 0 aromatic carbocycles. The Morgan fingerprint density at radius 1 is 1.30 bits per heavy atom. The SMILES string of the molecule is CCCC1C(=O)NC(C(C)(C)C)C(=O)N1CCCSC. The summed E-state index contributed by atoms with van der Waals surface area (Å²) in [5.41, 5.74) is -0.248. The topological polar surface area (TPSA) is 49.4 Å². The number of carbonyl (C=O) groups excluding carboxylic acids is 2. The van der Waals surface area contributed by atoms with Crippen molar-refractivity contribution in [2.24, 2.45) is 5.41 Å². The fourth-order valence-corrected chi connectivity index (χ4v) is 2.97. The molecule has 1 aliphatic heterocycles. The Balaban J connectivity index is 2.89. The van der Waals surface area contributed by atoms with Crippen LogP contribution in [0.25, 0.3) is 0 Å². The van der Waals surface area contributed by atoms with E-state index in [4.69, 9.17) is 0 Å². The Morgan fingerprint density at radius 3 is 2.45 bits per heavy atom. The summed E-state index contributed by atoms with van der Waals surface area (Å²) in [5.74, 6) is 1.11. The van der Waals surface area contributed by atoms with E-state index in [2.05, 4.69) is 11.6 Å². The van der Waals surface area contributed by atoms with Gasteiger partial charge in [0, 0.05) is 6.54 Å². The summed E-state index contributed by atoms with van der Waals surface area (Å²) < 4.78 is 0. The summed E-state index contributed by atoms with van der Waals surface area (Å²) in [6.07, 6.45) is 4.65. The largest absolute Gasteiger partial charge is 0.342 e. The van der Waals surface area contributed by atoms with Crippen molar-refractivity contribution >= 4 is 23.6 Å². The molecule has 0 aromatic heterocycles. The lowest BCUT2D eigenvalue weighted by Gasteiger charge is -2.43. The molecular weight excluding hydrogens is 272 g/mol. The van der Waals surface area contributed by atoms with Gasteiger partial charge in [-0.1, -0.05) is 34.1 Å². The molecule has 0 bridgehead atoms. The third kappa shape index (κ3) is 4.14. The van der Waals surface area contributed by atoms with Gasteiger partial charge < -0.3 is 10.2 Å². The summed E-state index contributed by atoms with van der Waals surface area (Å²) in [6, 6.07) is -0.689. The lowest BCUT2D eigenvalue weighted by molar-refractivity contribution is -0.152. The maximum Gasteiger partial charge on any atom is 0.246 e. The number of thioether (sulfide) groups is 1. The zero-order valence-corrected chi connectivity index (χ0v) is 14.2. The highest BCUT2D eigenvalue weighted by Gasteiger charge is 2.44. The number of carbonyl (C=O) groups is 2. The van der Waals surface area contributed by atoms with Gasteiger partial charge in [-0.25, -0.2) is 0 Å². The molecule has 2 amide bonds. The Hall–Kier alpha value is -0.710. The Labute approximate surface area is 127 Å². The van der Waals surface area contributed by atoms with Gasteiger partial charge in [0.05, 0.1) is 0 Å². The van der Waals surface area contributed by atoms with Crippen molar-refractivity contribution in [1.82, 2.24) is 10.2 Å². The van der Waals surface area contributed by atoms with Gasteiger partial charge in [0.25, 0.3) is 0 Å². The number of rotatable bonds is 6. The van der Waals surface area contributed by atoms with Crippen molar-refractivity contribution in [3.8, 4) is 0 Å². The Bertz CT molecular complexity index is 352. The van der Waals surface area contributed by atoms with Crippen LogP contribution in [0.2, 0.25) is 0 Å². The summed E-state index contributed by atoms with van der Waals surface area (Å²) in [5, 5.41) is 2.93. The third-order valence-corrected chi connectivity index (χ3v) is 4.37. The number of amides is 2. The van der Waals surface area contributed by atoms with Crippen LogP contribution in [0.1, 0.15) is 47.0 Å². The molecule has 1 rings (SSSR count). The monoisotopic (exact) mass is 300 g/mol. The quantitative estimate of drug-likeness (QED) is 0.766. The number of piperazine rings is 1. The van der Waals surface area contributed by atoms with E-state index in [0.29, 0.717) is 6.54 Å². The van der Waals surface area contributed by atoms with Crippen LogP contribution in [0.5, 0.6) is 0 Å². The van der Waals surface area contributed by atoms with Crippen LogP contribution in [0.15, 0.2) is 0 Å². The molecule has 116 valence electrons. The fourth-order valence-electron chi connectivity index (χ4n) is 2.55. The molecular formula is C15H28N2O2S. The molecule has 1 N–H and O–H groups in total. The molecule has 1 saturated heterocycles. The molecule has 20 heavy (non-hydrogen) atoms. The van der Waals surface area contributed by atoms with Crippen LogP contribution in [-0.4, -0.2) is 47.4 Å². The predicted octanol–water partition coefficient (Wildman–Crippen LogP) is 2.28. The van der Waals surface area contributed by atoms with Gasteiger partial charge in [-0.15, -0.1) is 0 Å². The van der Waals surface area contributed by atoms with E-state index in [9.17, 15) is 9.59 Å². The van der Waals surface area contributed by atoms with Crippen LogP contribution >= 0.6 is 11.8 Å². The minimum absolute atomic E-state index is 0.00975. The first-order valence-electron chi connectivity index (χ1n) is 7.42. The third-order valence-electron chi connectivity index (χ3n) is 3.67. The Morgan fingerprint density at radius 2 is 1.95 bits per heavy atom. The molecule has 5 heteroatoms. The van der Waals surface area contributed by atoms with Crippen molar-refractivity contribution in [2.75, 3.05) is 18.6 Å². The molecule has 0 aliphatic carbocycles. The van der Waals surface area contributed by atoms with Crippen molar-refractivity contribution in [3.63, 3.8) is 0 Å². The first kappa shape index (κ1) is 17.3. The van der Waals surface area contributed by atoms with Gasteiger partial charge in [-0.2, -0.15) is 11.8 Å². The van der Waals surface area contributed by atoms with E-state index in [0.717, 1.165) is 25.0 Å². The molecule has 0 aromatic rings. The maximum atomic E-state index is 12.7. The van der Waals surface area contributed by atoms with Gasteiger partial charge >= 0.3 is 0 Å². The molecule has 4 nitrogen and oxygen atoms in total. The Kier molecular flexibility index (Phi) is 6.37. The van der Waals surface area contributed by atoms with E-state index >= 15 is 0 Å². The molecule has 2 atom stereocenters. The first-order valence-corrected chi connectivity index (χ1v) is 8.82. The van der Waals surface area contributed by atoms with E-state index in [1.165, 1.54) is 0 Å². The van der Waals surface area contributed by atoms with Gasteiger partial charge in [0.2, 0.25) is 11.8 Å². The van der Waals surface area contributed by atoms with Crippen LogP contribution in [-0.2, 0) is 9.59 Å². The zero-order chi connectivity index (χ0) is 15.3. The molecule has 1 heterocycles. The number of hydrogen-bond donors (Lipinski definition) is 1. The predicted molar refractivity (Wildman–Crippen MR) is 84.8 cm³/mol. The highest BCUT2D eigenvalue weighted by Crippen LogP contribution is 2.26. The van der Waals surface area contributed by atoms with Crippen molar-refractivity contribution < 1.29 is 9.59 Å². The highest BCUT2D eigenvalue weighted by molar-refractivity contribution is 7.98. The zero-order valence-electron chi connectivity index (χ0n) is 13.4. The molecule has 0 saturated carbocycles. The van der Waals surface area contributed by atoms with E-state index in [-0.39, 0.29) is 23.3 Å². The standard InChI is InChI=1S/C15H28N2O2S/c1-6-8-11-13(18)16-12(15(2,3)4)14(19)17(11)9-7-10-20-5/h11-12H,6-10H2,1-5H3,(H,16,18). The lowest BCUT2D eigenvalue weighted by Crippen LogP contribution is -2.66. The molecule has 1 aliphatic rings. The van der Waals surface area contributed by atoms with Gasteiger partial charge in [-0.3, -0.25) is 9.59 Å². The van der Waals surface area contributed by atoms with Crippen LogP contribution in [0, 0.1) is 5.41 Å². The van der Waals surface area contributed by atoms with Crippen molar-refractivity contribution in [1.29, 1.82) is 0 Å². The molecule has 0 spiro atoms. The second-order valence-electron chi connectivity index (χ2n) is 6.49. The second-order valence-corrected chi connectivity index (χ2v) is 7.48. The summed E-state index contributed by atoms with van der Waals surface area (Å²) >= 11 is 1.77. The van der Waals surface area contributed by atoms with Crippen molar-refractivity contribution in [2.45, 2.75) is 59.0 Å². The molecule has 1 fully saturated rings. The van der Waals surface area contributed by atoms with Crippen LogP contribution in [0.3, 0.4) is 0 Å². The summed E-state index contributed by atoms with van der Waals surface area (Å²) in [6.45, 7) is 8.72. The lowest BCUT2D eigenvalue weighted by atomic mass is 9.83. The number of hydrogen-bond acceptors (Lipinski definition) is 3. The van der Waals surface area contributed by atoms with E-state index in [1.54, 1.807) is 11.8 Å². The van der Waals surface area contributed by atoms with Crippen LogP contribution in [0.4, 0.5) is 0 Å². The van der Waals surface area contributed by atoms with Gasteiger partial charge in [0.1, 0.15) is 12.1 Å². The smallest absolute Gasteiger partial charge is 0.246 e. The van der Waals surface area contributed by atoms with Crippen LogP contribution < -0.4 is 5.32 Å². The number of nitrogens with zero attached hydrogens (tertiary/aromatic N) is 1. The highest BCUT2D eigenvalue weighted by atomic mass is 32.2. The average molecular weight is 300 g/mol. The number of nitrogens with one attached hydrogen (secondary N) is 1. The summed E-state index contributed by atoms with van der Waals surface area (Å²) in [7, 11) is 0. The van der Waals surface area contributed by atoms with E-state index in [1.807, 2.05) is 32.6 Å². The molecule has 0 radical (unpaired) electrons. The van der Waals surface area contributed by atoms with Crippen molar-refractivity contribution in [3.05, 3.63) is 0 Å². The summed E-state index contributed by atoms with van der Waals surface area (Å²) in [4.78, 5) is 26.8. The molecule has 2 unspecified atom stereocenters. The fraction of sp³-hybridized carbons (Fsp3) is 0.867. The maximum absolute atomic E-state index is 12.7. The normalized spacial score (nSPS) is 23.9. The second kappa shape index (κ2) is 7.34. The first-order chi connectivity index (χ1) is 9.32. The van der Waals surface area contributed by atoms with Gasteiger partial charge in [0.15, 0.2) is 0 Å². The van der Waals surface area contributed by atoms with Gasteiger partial charge in [-0.05, 0) is 30.3 Å². The van der Waals surface area contributed by atoms with E-state index < -0.39 is 6.04 Å². The average Bonchev–Trinajstić information content (AvgIpc) is 2.35.